The Balaban J connectivity index is 1.05. The van der Waals surface area contributed by atoms with Crippen molar-refractivity contribution in [1.29, 1.82) is 0 Å². The lowest BCUT2D eigenvalue weighted by atomic mass is 9.80. The van der Waals surface area contributed by atoms with Gasteiger partial charge in [-0.2, -0.15) is 8.78 Å². The summed E-state index contributed by atoms with van der Waals surface area (Å²) < 4.78 is 56.3. The minimum Gasteiger partial charge on any atom is -0.490 e. The molecule has 5 unspecified atom stereocenters. The first kappa shape index (κ1) is 31.4. The van der Waals surface area contributed by atoms with E-state index in [1.165, 1.54) is 44.9 Å². The first-order chi connectivity index (χ1) is 20.5. The first-order valence-electron chi connectivity index (χ1n) is 16.6. The smallest absolute Gasteiger partial charge is 0.288 e. The van der Waals surface area contributed by atoms with Gasteiger partial charge in [0.15, 0.2) is 11.6 Å². The quantitative estimate of drug-likeness (QED) is 0.0975. The summed E-state index contributed by atoms with van der Waals surface area (Å²) in [5.74, 6) is -0.171. The van der Waals surface area contributed by atoms with Crippen LogP contribution in [0.5, 0.6) is 5.75 Å². The summed E-state index contributed by atoms with van der Waals surface area (Å²) in [6.45, 7) is 5.15. The molecule has 0 aromatic heterocycles. The SMILES string of the molecule is CCCCCCC1OC1CON1C=CC(C2CCc3cc(OCCCCCC(CC)C4CC4)c(F)c(F)c3C2)=NC1F. The molecular formula is C34H49F3N2O3. The van der Waals surface area contributed by atoms with Gasteiger partial charge in [0.25, 0.3) is 6.42 Å². The molecule has 0 spiro atoms. The maximum absolute atomic E-state index is 15.2. The van der Waals surface area contributed by atoms with Gasteiger partial charge >= 0.3 is 0 Å². The largest absolute Gasteiger partial charge is 0.490 e. The molecule has 5 nitrogen and oxygen atoms in total. The Kier molecular flexibility index (Phi) is 11.3. The van der Waals surface area contributed by atoms with Crippen LogP contribution in [0, 0.1) is 29.4 Å². The molecule has 1 saturated heterocycles. The van der Waals surface area contributed by atoms with Gasteiger partial charge in [0, 0.05) is 17.8 Å². The van der Waals surface area contributed by atoms with Gasteiger partial charge in [0.2, 0.25) is 5.82 Å². The van der Waals surface area contributed by atoms with Gasteiger partial charge in [-0.1, -0.05) is 65.2 Å². The standard InChI is InChI=1S/C34H49F3N2O3/c1-3-5-6-9-12-29-31(42-29)22-41-39-18-17-28(38-34(39)37)26-16-15-25-21-30(33(36)32(35)27(25)20-26)40-19-10-7-8-11-23(4-2)24-13-14-24/h17-18,21,23-24,26,29,31,34H,3-16,19-20,22H2,1-2H3. The molecule has 0 amide bonds. The summed E-state index contributed by atoms with van der Waals surface area (Å²) in [5, 5.41) is 1.11. The van der Waals surface area contributed by atoms with Gasteiger partial charge in [-0.3, -0.25) is 4.84 Å². The number of ether oxygens (including phenoxy) is 2. The zero-order valence-electron chi connectivity index (χ0n) is 25.5. The van der Waals surface area contributed by atoms with E-state index in [2.05, 4.69) is 18.8 Å². The Morgan fingerprint density at radius 2 is 1.86 bits per heavy atom. The number of unbranched alkanes of at least 4 members (excludes halogenated alkanes) is 5. The second-order valence-electron chi connectivity index (χ2n) is 12.7. The molecule has 42 heavy (non-hydrogen) atoms. The summed E-state index contributed by atoms with van der Waals surface area (Å²) in [6.07, 6.45) is 17.5. The van der Waals surface area contributed by atoms with Crippen molar-refractivity contribution in [3.63, 3.8) is 0 Å². The Bertz CT molecular complexity index is 1090. The van der Waals surface area contributed by atoms with Crippen LogP contribution >= 0.6 is 0 Å². The number of hydrogen-bond acceptors (Lipinski definition) is 5. The molecule has 0 bridgehead atoms. The molecule has 5 atom stereocenters. The van der Waals surface area contributed by atoms with Crippen LogP contribution in [0.25, 0.3) is 0 Å². The van der Waals surface area contributed by atoms with Gasteiger partial charge in [-0.15, -0.1) is 0 Å². The summed E-state index contributed by atoms with van der Waals surface area (Å²) >= 11 is 0. The average molecular weight is 591 g/mol. The van der Waals surface area contributed by atoms with Crippen molar-refractivity contribution >= 4 is 5.71 Å². The number of nitrogens with zero attached hydrogens (tertiary/aromatic N) is 2. The number of fused-ring (bicyclic) bond motifs is 1. The van der Waals surface area contributed by atoms with Crippen molar-refractivity contribution in [3.05, 3.63) is 41.1 Å². The number of aryl methyl sites for hydroxylation is 1. The molecule has 8 heteroatoms. The normalized spacial score (nSPS) is 25.7. The van der Waals surface area contributed by atoms with E-state index in [4.69, 9.17) is 14.3 Å². The Morgan fingerprint density at radius 1 is 1.02 bits per heavy atom. The number of allylic oxidation sites excluding steroid dienone is 1. The van der Waals surface area contributed by atoms with Crippen LogP contribution in [-0.2, 0) is 22.4 Å². The highest BCUT2D eigenvalue weighted by Crippen LogP contribution is 2.41. The number of halogens is 3. The third-order valence-corrected chi connectivity index (χ3v) is 9.56. The highest BCUT2D eigenvalue weighted by Gasteiger charge is 2.39. The Labute approximate surface area is 249 Å². The van der Waals surface area contributed by atoms with E-state index in [9.17, 15) is 8.78 Å². The summed E-state index contributed by atoms with van der Waals surface area (Å²) in [6, 6.07) is 1.66. The lowest BCUT2D eigenvalue weighted by molar-refractivity contribution is -0.182. The maximum Gasteiger partial charge on any atom is 0.288 e. The van der Waals surface area contributed by atoms with Crippen LogP contribution in [0.3, 0.4) is 0 Å². The zero-order valence-corrected chi connectivity index (χ0v) is 25.5. The molecule has 2 aliphatic heterocycles. The van der Waals surface area contributed by atoms with Crippen LogP contribution in [0.1, 0.15) is 108 Å². The van der Waals surface area contributed by atoms with Crippen LogP contribution in [-0.4, -0.2) is 42.6 Å². The van der Waals surface area contributed by atoms with Crippen molar-refractivity contribution in [2.24, 2.45) is 22.7 Å². The van der Waals surface area contributed by atoms with Crippen LogP contribution in [0.2, 0.25) is 0 Å². The lowest BCUT2D eigenvalue weighted by Crippen LogP contribution is -2.34. The monoisotopic (exact) mass is 590 g/mol. The van der Waals surface area contributed by atoms with Crippen molar-refractivity contribution in [2.75, 3.05) is 13.2 Å². The fourth-order valence-corrected chi connectivity index (χ4v) is 6.68. The maximum atomic E-state index is 15.2. The predicted molar refractivity (Wildman–Crippen MR) is 159 cm³/mol. The van der Waals surface area contributed by atoms with Crippen molar-refractivity contribution in [2.45, 2.75) is 129 Å². The number of aliphatic imine (C=N–C) groups is 1. The minimum atomic E-state index is -1.67. The lowest BCUT2D eigenvalue weighted by Gasteiger charge is -2.30. The summed E-state index contributed by atoms with van der Waals surface area (Å²) in [4.78, 5) is 9.81. The van der Waals surface area contributed by atoms with Gasteiger partial charge in [-0.25, -0.2) is 14.4 Å². The van der Waals surface area contributed by atoms with Gasteiger partial charge in [-0.05, 0) is 80.1 Å². The topological polar surface area (TPSA) is 46.6 Å². The zero-order chi connectivity index (χ0) is 29.5. The van der Waals surface area contributed by atoms with Gasteiger partial charge < -0.3 is 9.47 Å². The third-order valence-electron chi connectivity index (χ3n) is 9.56. The van der Waals surface area contributed by atoms with E-state index >= 15 is 4.39 Å². The van der Waals surface area contributed by atoms with E-state index in [1.54, 1.807) is 18.3 Å². The highest BCUT2D eigenvalue weighted by atomic mass is 19.2. The van der Waals surface area contributed by atoms with E-state index < -0.39 is 18.1 Å². The number of epoxide rings is 1. The number of hydrogen-bond donors (Lipinski definition) is 0. The average Bonchev–Trinajstić information content (AvgIpc) is 3.93. The molecule has 1 aromatic carbocycles. The van der Waals surface area contributed by atoms with E-state index in [0.29, 0.717) is 37.3 Å². The minimum absolute atomic E-state index is 0.00321. The summed E-state index contributed by atoms with van der Waals surface area (Å²) in [7, 11) is 0. The number of alkyl halides is 1. The molecule has 0 N–H and O–H groups in total. The van der Waals surface area contributed by atoms with Crippen molar-refractivity contribution < 1.29 is 27.5 Å². The molecule has 1 saturated carbocycles. The number of rotatable bonds is 18. The molecule has 2 aliphatic carbocycles. The number of benzene rings is 1. The molecule has 2 heterocycles. The molecule has 1 aromatic rings. The molecule has 4 aliphatic rings. The molecule has 234 valence electrons. The van der Waals surface area contributed by atoms with Crippen molar-refractivity contribution in [3.8, 4) is 5.75 Å². The highest BCUT2D eigenvalue weighted by molar-refractivity contribution is 5.97. The first-order valence-corrected chi connectivity index (χ1v) is 16.6. The van der Waals surface area contributed by atoms with Crippen molar-refractivity contribution in [1.82, 2.24) is 5.06 Å². The second-order valence-corrected chi connectivity index (χ2v) is 12.7. The molecule has 5 rings (SSSR count). The molecular weight excluding hydrogens is 541 g/mol. The number of hydroxylamine groups is 2. The summed E-state index contributed by atoms with van der Waals surface area (Å²) in [5.41, 5.74) is 1.67. The van der Waals surface area contributed by atoms with Crippen LogP contribution < -0.4 is 4.74 Å². The van der Waals surface area contributed by atoms with E-state index in [0.717, 1.165) is 54.6 Å². The second kappa shape index (κ2) is 15.1. The van der Waals surface area contributed by atoms with Crippen LogP contribution in [0.4, 0.5) is 13.2 Å². The Hall–Kier alpha value is -2.06. The predicted octanol–water partition coefficient (Wildman–Crippen LogP) is 8.64. The third kappa shape index (κ3) is 8.31. The van der Waals surface area contributed by atoms with E-state index in [1.807, 2.05) is 0 Å². The van der Waals surface area contributed by atoms with E-state index in [-0.39, 0.29) is 30.3 Å². The molecule has 0 radical (unpaired) electrons. The fraction of sp³-hybridized carbons (Fsp3) is 0.735. The Morgan fingerprint density at radius 3 is 2.62 bits per heavy atom. The van der Waals surface area contributed by atoms with Gasteiger partial charge in [0.1, 0.15) is 12.7 Å². The van der Waals surface area contributed by atoms with Gasteiger partial charge in [0.05, 0.1) is 12.7 Å². The fourth-order valence-electron chi connectivity index (χ4n) is 6.68. The van der Waals surface area contributed by atoms with Crippen LogP contribution in [0.15, 0.2) is 23.3 Å². The molecule has 2 fully saturated rings.